The number of aliphatic carboxylic acids is 1. The Bertz CT molecular complexity index is 580. The largest absolute Gasteiger partial charge is 0.481 e. The number of carboxylic acids is 1. The predicted octanol–water partition coefficient (Wildman–Crippen LogP) is 3.93. The van der Waals surface area contributed by atoms with Crippen LogP contribution < -0.4 is 0 Å². The standard InChI is InChI=1S/C16H15ClO2/c1-16(15(18)19,11-12-7-3-2-4-8-12)13-9-5-6-10-14(13)17/h2-10H,11H2,1H3,(H,18,19). The van der Waals surface area contributed by atoms with Crippen LogP contribution in [0.2, 0.25) is 5.02 Å². The molecule has 2 aromatic rings. The van der Waals surface area contributed by atoms with Gasteiger partial charge in [0, 0.05) is 5.02 Å². The zero-order chi connectivity index (χ0) is 13.9. The molecule has 0 bridgehead atoms. The highest BCUT2D eigenvalue weighted by Gasteiger charge is 2.36. The van der Waals surface area contributed by atoms with Crippen LogP contribution in [0.3, 0.4) is 0 Å². The number of rotatable bonds is 4. The zero-order valence-electron chi connectivity index (χ0n) is 10.6. The third kappa shape index (κ3) is 2.79. The maximum atomic E-state index is 11.7. The lowest BCUT2D eigenvalue weighted by Crippen LogP contribution is -2.35. The fourth-order valence-corrected chi connectivity index (χ4v) is 2.54. The van der Waals surface area contributed by atoms with Crippen molar-refractivity contribution in [1.29, 1.82) is 0 Å². The first-order valence-electron chi connectivity index (χ1n) is 6.06. The van der Waals surface area contributed by atoms with Gasteiger partial charge in [-0.2, -0.15) is 0 Å². The average Bonchev–Trinajstić information content (AvgIpc) is 2.40. The molecule has 0 saturated carbocycles. The van der Waals surface area contributed by atoms with Crippen molar-refractivity contribution in [3.8, 4) is 0 Å². The minimum atomic E-state index is -1.03. The van der Waals surface area contributed by atoms with Crippen LogP contribution in [-0.4, -0.2) is 11.1 Å². The second-order valence-electron chi connectivity index (χ2n) is 4.78. The van der Waals surface area contributed by atoms with Gasteiger partial charge in [-0.15, -0.1) is 0 Å². The van der Waals surface area contributed by atoms with E-state index in [1.807, 2.05) is 36.4 Å². The first-order chi connectivity index (χ1) is 9.04. The van der Waals surface area contributed by atoms with Crippen molar-refractivity contribution in [2.45, 2.75) is 18.8 Å². The van der Waals surface area contributed by atoms with Crippen LogP contribution in [-0.2, 0) is 16.6 Å². The predicted molar refractivity (Wildman–Crippen MR) is 76.6 cm³/mol. The summed E-state index contributed by atoms with van der Waals surface area (Å²) < 4.78 is 0. The molecule has 2 nitrogen and oxygen atoms in total. The van der Waals surface area contributed by atoms with Crippen LogP contribution in [0.4, 0.5) is 0 Å². The average molecular weight is 275 g/mol. The van der Waals surface area contributed by atoms with E-state index in [4.69, 9.17) is 11.6 Å². The molecule has 0 aliphatic rings. The molecule has 1 N–H and O–H groups in total. The smallest absolute Gasteiger partial charge is 0.314 e. The summed E-state index contributed by atoms with van der Waals surface area (Å²) in [7, 11) is 0. The summed E-state index contributed by atoms with van der Waals surface area (Å²) in [5.41, 5.74) is 0.597. The Hall–Kier alpha value is -1.80. The molecule has 1 unspecified atom stereocenters. The van der Waals surface area contributed by atoms with E-state index >= 15 is 0 Å². The van der Waals surface area contributed by atoms with Crippen molar-refractivity contribution in [3.05, 3.63) is 70.7 Å². The molecule has 98 valence electrons. The van der Waals surface area contributed by atoms with Crippen molar-refractivity contribution in [3.63, 3.8) is 0 Å². The van der Waals surface area contributed by atoms with Gasteiger partial charge in [0.1, 0.15) is 0 Å². The summed E-state index contributed by atoms with van der Waals surface area (Å²) in [4.78, 5) is 11.7. The molecule has 0 saturated heterocycles. The summed E-state index contributed by atoms with van der Waals surface area (Å²) in [5.74, 6) is -0.871. The minimum Gasteiger partial charge on any atom is -0.481 e. The normalized spacial score (nSPS) is 13.8. The number of benzene rings is 2. The first kappa shape index (κ1) is 13.6. The second-order valence-corrected chi connectivity index (χ2v) is 5.19. The van der Waals surface area contributed by atoms with Gasteiger partial charge in [0.2, 0.25) is 0 Å². The number of carboxylic acid groups (broad SMARTS) is 1. The van der Waals surface area contributed by atoms with E-state index in [2.05, 4.69) is 0 Å². The monoisotopic (exact) mass is 274 g/mol. The lowest BCUT2D eigenvalue weighted by Gasteiger charge is -2.26. The van der Waals surface area contributed by atoms with Gasteiger partial charge in [-0.05, 0) is 30.5 Å². The third-order valence-electron chi connectivity index (χ3n) is 3.34. The summed E-state index contributed by atoms with van der Waals surface area (Å²) >= 11 is 6.16. The molecule has 19 heavy (non-hydrogen) atoms. The number of carbonyl (C=O) groups is 1. The van der Waals surface area contributed by atoms with Crippen LogP contribution in [0.5, 0.6) is 0 Å². The number of halogens is 1. The van der Waals surface area contributed by atoms with E-state index in [9.17, 15) is 9.90 Å². The van der Waals surface area contributed by atoms with Gasteiger partial charge < -0.3 is 5.11 Å². The Kier molecular flexibility index (Phi) is 3.91. The quantitative estimate of drug-likeness (QED) is 0.917. The molecule has 0 heterocycles. The van der Waals surface area contributed by atoms with E-state index in [0.29, 0.717) is 17.0 Å². The van der Waals surface area contributed by atoms with Gasteiger partial charge in [-0.3, -0.25) is 4.79 Å². The van der Waals surface area contributed by atoms with E-state index in [1.165, 1.54) is 0 Å². The molecule has 0 radical (unpaired) electrons. The molecule has 3 heteroatoms. The molecule has 0 amide bonds. The highest BCUT2D eigenvalue weighted by molar-refractivity contribution is 6.31. The van der Waals surface area contributed by atoms with Gasteiger partial charge in [0.05, 0.1) is 5.41 Å². The molecule has 2 rings (SSSR count). The van der Waals surface area contributed by atoms with E-state index < -0.39 is 11.4 Å². The minimum absolute atomic E-state index is 0.410. The molecule has 0 spiro atoms. The number of hydrogen-bond donors (Lipinski definition) is 1. The molecule has 0 fully saturated rings. The summed E-state index contributed by atoms with van der Waals surface area (Å²) in [6.45, 7) is 1.71. The second kappa shape index (κ2) is 5.45. The van der Waals surface area contributed by atoms with Gasteiger partial charge in [0.25, 0.3) is 0 Å². The van der Waals surface area contributed by atoms with Crippen molar-refractivity contribution in [2.24, 2.45) is 0 Å². The Morgan fingerprint density at radius 3 is 2.26 bits per heavy atom. The summed E-state index contributed by atoms with van der Waals surface area (Å²) in [6.07, 6.45) is 0.410. The fourth-order valence-electron chi connectivity index (χ4n) is 2.20. The van der Waals surface area contributed by atoms with Crippen LogP contribution >= 0.6 is 11.6 Å². The first-order valence-corrected chi connectivity index (χ1v) is 6.44. The molecular weight excluding hydrogens is 260 g/mol. The lowest BCUT2D eigenvalue weighted by atomic mass is 9.77. The number of hydrogen-bond acceptors (Lipinski definition) is 1. The van der Waals surface area contributed by atoms with Gasteiger partial charge >= 0.3 is 5.97 Å². The SMILES string of the molecule is CC(Cc1ccccc1)(C(=O)O)c1ccccc1Cl. The van der Waals surface area contributed by atoms with Crippen molar-refractivity contribution in [2.75, 3.05) is 0 Å². The van der Waals surface area contributed by atoms with Crippen LogP contribution in [0.25, 0.3) is 0 Å². The fraction of sp³-hybridized carbons (Fsp3) is 0.188. The Labute approximate surface area is 117 Å². The van der Waals surface area contributed by atoms with Crippen LogP contribution in [0, 0.1) is 0 Å². The molecule has 0 aliphatic heterocycles. The van der Waals surface area contributed by atoms with E-state index in [1.54, 1.807) is 25.1 Å². The maximum absolute atomic E-state index is 11.7. The topological polar surface area (TPSA) is 37.3 Å². The van der Waals surface area contributed by atoms with Gasteiger partial charge in [-0.25, -0.2) is 0 Å². The zero-order valence-corrected chi connectivity index (χ0v) is 11.4. The van der Waals surface area contributed by atoms with E-state index in [-0.39, 0.29) is 0 Å². The Balaban J connectivity index is 2.45. The van der Waals surface area contributed by atoms with Gasteiger partial charge in [0.15, 0.2) is 0 Å². The molecule has 2 aromatic carbocycles. The Morgan fingerprint density at radius 2 is 1.68 bits per heavy atom. The van der Waals surface area contributed by atoms with Crippen molar-refractivity contribution < 1.29 is 9.90 Å². The Morgan fingerprint density at radius 1 is 1.11 bits per heavy atom. The summed E-state index contributed by atoms with van der Waals surface area (Å²) in [5, 5.41) is 10.1. The van der Waals surface area contributed by atoms with Crippen molar-refractivity contribution >= 4 is 17.6 Å². The van der Waals surface area contributed by atoms with E-state index in [0.717, 1.165) is 5.56 Å². The van der Waals surface area contributed by atoms with Crippen molar-refractivity contribution in [1.82, 2.24) is 0 Å². The summed E-state index contributed by atoms with van der Waals surface area (Å²) in [6, 6.07) is 16.7. The molecular formula is C16H15ClO2. The van der Waals surface area contributed by atoms with Gasteiger partial charge in [-0.1, -0.05) is 60.1 Å². The van der Waals surface area contributed by atoms with Crippen LogP contribution in [0.1, 0.15) is 18.1 Å². The molecule has 0 aliphatic carbocycles. The molecule has 1 atom stereocenters. The van der Waals surface area contributed by atoms with Crippen LogP contribution in [0.15, 0.2) is 54.6 Å². The third-order valence-corrected chi connectivity index (χ3v) is 3.67. The highest BCUT2D eigenvalue weighted by Crippen LogP contribution is 2.33. The molecule has 0 aromatic heterocycles. The maximum Gasteiger partial charge on any atom is 0.314 e. The highest BCUT2D eigenvalue weighted by atomic mass is 35.5. The lowest BCUT2D eigenvalue weighted by molar-refractivity contribution is -0.143.